The van der Waals surface area contributed by atoms with E-state index in [0.29, 0.717) is 6.54 Å². The molecule has 4 heteroatoms. The number of carbonyl (C=O) groups excluding carboxylic acids is 1. The van der Waals surface area contributed by atoms with Gasteiger partial charge in [0.2, 0.25) is 5.91 Å². The Morgan fingerprint density at radius 1 is 1.35 bits per heavy atom. The second kappa shape index (κ2) is 6.35. The molecule has 0 aliphatic heterocycles. The Bertz CT molecular complexity index is 379. The average Bonchev–Trinajstić information content (AvgIpc) is 2.25. The summed E-state index contributed by atoms with van der Waals surface area (Å²) in [5.41, 5.74) is 0.828. The van der Waals surface area contributed by atoms with Crippen molar-refractivity contribution in [2.75, 3.05) is 0 Å². The quantitative estimate of drug-likeness (QED) is 0.821. The molecule has 0 saturated heterocycles. The molecule has 0 saturated carbocycles. The van der Waals surface area contributed by atoms with Gasteiger partial charge in [-0.2, -0.15) is 0 Å². The Balaban J connectivity index is 2.42. The summed E-state index contributed by atoms with van der Waals surface area (Å²) in [6, 6.07) is 6.17. The van der Waals surface area contributed by atoms with Crippen molar-refractivity contribution in [3.8, 4) is 0 Å². The van der Waals surface area contributed by atoms with Crippen LogP contribution in [0.4, 0.5) is 4.39 Å². The third-order valence-corrected chi connectivity index (χ3v) is 2.33. The molecule has 0 aliphatic rings. The highest BCUT2D eigenvalue weighted by molar-refractivity contribution is 5.81. The molecule has 1 amide bonds. The van der Waals surface area contributed by atoms with Gasteiger partial charge in [-0.05, 0) is 38.5 Å². The first-order valence-electron chi connectivity index (χ1n) is 5.77. The van der Waals surface area contributed by atoms with E-state index in [-0.39, 0.29) is 23.8 Å². The predicted molar refractivity (Wildman–Crippen MR) is 66.0 cm³/mol. The molecule has 0 aromatic heterocycles. The smallest absolute Gasteiger partial charge is 0.237 e. The lowest BCUT2D eigenvalue weighted by molar-refractivity contribution is -0.123. The van der Waals surface area contributed by atoms with Gasteiger partial charge in [-0.1, -0.05) is 12.1 Å². The third-order valence-electron chi connectivity index (χ3n) is 2.33. The molecule has 17 heavy (non-hydrogen) atoms. The van der Waals surface area contributed by atoms with Gasteiger partial charge in [-0.3, -0.25) is 4.79 Å². The van der Waals surface area contributed by atoms with Crippen LogP contribution in [-0.2, 0) is 11.3 Å². The van der Waals surface area contributed by atoms with E-state index in [1.165, 1.54) is 12.1 Å². The van der Waals surface area contributed by atoms with Crippen molar-refractivity contribution in [1.82, 2.24) is 10.6 Å². The number of carbonyl (C=O) groups is 1. The van der Waals surface area contributed by atoms with Crippen LogP contribution >= 0.6 is 0 Å². The maximum absolute atomic E-state index is 12.9. The van der Waals surface area contributed by atoms with Gasteiger partial charge in [0.05, 0.1) is 6.04 Å². The van der Waals surface area contributed by atoms with Crippen LogP contribution in [0.5, 0.6) is 0 Å². The highest BCUT2D eigenvalue weighted by atomic mass is 19.1. The molecule has 0 aliphatic carbocycles. The fourth-order valence-corrected chi connectivity index (χ4v) is 1.42. The van der Waals surface area contributed by atoms with E-state index in [4.69, 9.17) is 0 Å². The van der Waals surface area contributed by atoms with E-state index in [1.54, 1.807) is 13.0 Å². The summed E-state index contributed by atoms with van der Waals surface area (Å²) >= 11 is 0. The maximum atomic E-state index is 12.9. The highest BCUT2D eigenvalue weighted by Crippen LogP contribution is 2.03. The van der Waals surface area contributed by atoms with Crippen molar-refractivity contribution < 1.29 is 9.18 Å². The van der Waals surface area contributed by atoms with Crippen molar-refractivity contribution in [3.63, 3.8) is 0 Å². The van der Waals surface area contributed by atoms with Gasteiger partial charge >= 0.3 is 0 Å². The molecule has 3 nitrogen and oxygen atoms in total. The zero-order valence-corrected chi connectivity index (χ0v) is 10.5. The molecule has 0 heterocycles. The van der Waals surface area contributed by atoms with Gasteiger partial charge in [0.1, 0.15) is 5.82 Å². The van der Waals surface area contributed by atoms with Crippen LogP contribution in [-0.4, -0.2) is 18.0 Å². The number of rotatable bonds is 5. The van der Waals surface area contributed by atoms with Gasteiger partial charge < -0.3 is 10.6 Å². The minimum absolute atomic E-state index is 0.0450. The van der Waals surface area contributed by atoms with Gasteiger partial charge in [0.25, 0.3) is 0 Å². The van der Waals surface area contributed by atoms with E-state index < -0.39 is 0 Å². The zero-order chi connectivity index (χ0) is 12.8. The minimum Gasteiger partial charge on any atom is -0.353 e. The Kier molecular flexibility index (Phi) is 5.10. The molecule has 1 atom stereocenters. The summed E-state index contributed by atoms with van der Waals surface area (Å²) in [7, 11) is 0. The lowest BCUT2D eigenvalue weighted by Crippen LogP contribution is -2.44. The lowest BCUT2D eigenvalue weighted by atomic mass is 10.2. The average molecular weight is 238 g/mol. The molecule has 94 valence electrons. The summed E-state index contributed by atoms with van der Waals surface area (Å²) < 4.78 is 12.9. The number of nitrogens with one attached hydrogen (secondary N) is 2. The van der Waals surface area contributed by atoms with Crippen LogP contribution in [0.1, 0.15) is 26.3 Å². The lowest BCUT2D eigenvalue weighted by Gasteiger charge is -2.16. The largest absolute Gasteiger partial charge is 0.353 e. The third kappa shape index (κ3) is 4.95. The van der Waals surface area contributed by atoms with Crippen molar-refractivity contribution in [1.29, 1.82) is 0 Å². The van der Waals surface area contributed by atoms with Gasteiger partial charge in [0.15, 0.2) is 0 Å². The van der Waals surface area contributed by atoms with Crippen molar-refractivity contribution in [2.45, 2.75) is 39.4 Å². The fourth-order valence-electron chi connectivity index (χ4n) is 1.42. The molecule has 1 rings (SSSR count). The molecule has 0 radical (unpaired) electrons. The van der Waals surface area contributed by atoms with E-state index in [1.807, 2.05) is 19.9 Å². The number of halogens is 1. The SMILES string of the molecule is CC(C)NC(=O)C(C)NCc1cccc(F)c1. The zero-order valence-electron chi connectivity index (χ0n) is 10.5. The number of benzene rings is 1. The van der Waals surface area contributed by atoms with Gasteiger partial charge in [-0.25, -0.2) is 4.39 Å². The minimum atomic E-state index is -0.291. The van der Waals surface area contributed by atoms with Gasteiger partial charge in [0, 0.05) is 12.6 Å². The summed E-state index contributed by atoms with van der Waals surface area (Å²) in [5, 5.41) is 5.87. The molecule has 1 aromatic carbocycles. The number of hydrogen-bond acceptors (Lipinski definition) is 2. The number of amides is 1. The standard InChI is InChI=1S/C13H19FN2O/c1-9(2)16-13(17)10(3)15-8-11-5-4-6-12(14)7-11/h4-7,9-10,15H,8H2,1-3H3,(H,16,17). The summed E-state index contributed by atoms with van der Waals surface area (Å²) in [4.78, 5) is 11.6. The van der Waals surface area contributed by atoms with Crippen molar-refractivity contribution >= 4 is 5.91 Å². The predicted octanol–water partition coefficient (Wildman–Crippen LogP) is 1.83. The highest BCUT2D eigenvalue weighted by Gasteiger charge is 2.12. The molecular weight excluding hydrogens is 219 g/mol. The molecular formula is C13H19FN2O. The summed E-state index contributed by atoms with van der Waals surface area (Å²) in [5.74, 6) is -0.306. The van der Waals surface area contributed by atoms with Crippen LogP contribution in [0.3, 0.4) is 0 Å². The summed E-state index contributed by atoms with van der Waals surface area (Å²) in [6.45, 7) is 6.09. The summed E-state index contributed by atoms with van der Waals surface area (Å²) in [6.07, 6.45) is 0. The van der Waals surface area contributed by atoms with Crippen molar-refractivity contribution in [3.05, 3.63) is 35.6 Å². The van der Waals surface area contributed by atoms with Crippen LogP contribution in [0.15, 0.2) is 24.3 Å². The van der Waals surface area contributed by atoms with Gasteiger partial charge in [-0.15, -0.1) is 0 Å². The molecule has 0 spiro atoms. The van der Waals surface area contributed by atoms with E-state index in [2.05, 4.69) is 10.6 Å². The Labute approximate surface area is 101 Å². The maximum Gasteiger partial charge on any atom is 0.237 e. The molecule has 1 unspecified atom stereocenters. The van der Waals surface area contributed by atoms with E-state index in [0.717, 1.165) is 5.56 Å². The van der Waals surface area contributed by atoms with E-state index >= 15 is 0 Å². The Morgan fingerprint density at radius 2 is 2.06 bits per heavy atom. The van der Waals surface area contributed by atoms with Crippen molar-refractivity contribution in [2.24, 2.45) is 0 Å². The number of hydrogen-bond donors (Lipinski definition) is 2. The first-order chi connectivity index (χ1) is 7.99. The van der Waals surface area contributed by atoms with Crippen LogP contribution < -0.4 is 10.6 Å². The van der Waals surface area contributed by atoms with Crippen LogP contribution in [0.25, 0.3) is 0 Å². The second-order valence-corrected chi connectivity index (χ2v) is 4.40. The van der Waals surface area contributed by atoms with E-state index in [9.17, 15) is 9.18 Å². The van der Waals surface area contributed by atoms with Crippen LogP contribution in [0.2, 0.25) is 0 Å². The fraction of sp³-hybridized carbons (Fsp3) is 0.462. The Hall–Kier alpha value is -1.42. The second-order valence-electron chi connectivity index (χ2n) is 4.40. The molecule has 2 N–H and O–H groups in total. The first-order valence-corrected chi connectivity index (χ1v) is 5.77. The first kappa shape index (κ1) is 13.6. The Morgan fingerprint density at radius 3 is 2.65 bits per heavy atom. The monoisotopic (exact) mass is 238 g/mol. The molecule has 0 fully saturated rings. The molecule has 1 aromatic rings. The normalized spacial score (nSPS) is 12.5. The van der Waals surface area contributed by atoms with Crippen LogP contribution in [0, 0.1) is 5.82 Å². The topological polar surface area (TPSA) is 41.1 Å². The molecule has 0 bridgehead atoms.